The second-order valence-electron chi connectivity index (χ2n) is 6.28. The van der Waals surface area contributed by atoms with Crippen molar-refractivity contribution in [3.8, 4) is 0 Å². The molecule has 4 nitrogen and oxygen atoms in total. The van der Waals surface area contributed by atoms with Crippen LogP contribution in [0.5, 0.6) is 0 Å². The monoisotopic (exact) mass is 339 g/mol. The molecule has 0 saturated heterocycles. The van der Waals surface area contributed by atoms with Crippen LogP contribution in [0, 0.1) is 0 Å². The van der Waals surface area contributed by atoms with Crippen molar-refractivity contribution < 1.29 is 18.0 Å². The molecule has 0 bridgehead atoms. The molecule has 7 heteroatoms. The zero-order chi connectivity index (χ0) is 17.2. The van der Waals surface area contributed by atoms with Crippen LogP contribution < -0.4 is 10.6 Å². The van der Waals surface area contributed by atoms with Crippen molar-refractivity contribution in [3.05, 3.63) is 41.5 Å². The maximum Gasteiger partial charge on any atom is 0.401 e. The lowest BCUT2D eigenvalue weighted by Crippen LogP contribution is -2.38. The number of amides is 2. The lowest BCUT2D eigenvalue weighted by atomic mass is 10.0. The minimum Gasteiger partial charge on any atom is -0.335 e. The van der Waals surface area contributed by atoms with Gasteiger partial charge in [-0.3, -0.25) is 4.90 Å². The van der Waals surface area contributed by atoms with Crippen molar-refractivity contribution in [2.24, 2.45) is 0 Å². The summed E-state index contributed by atoms with van der Waals surface area (Å²) in [7, 11) is 0. The molecule has 2 amide bonds. The van der Waals surface area contributed by atoms with Crippen LogP contribution in [0.25, 0.3) is 0 Å². The minimum absolute atomic E-state index is 0.105. The van der Waals surface area contributed by atoms with Crippen molar-refractivity contribution in [2.75, 3.05) is 11.9 Å². The maximum atomic E-state index is 12.6. The van der Waals surface area contributed by atoms with E-state index in [9.17, 15) is 18.0 Å². The number of halogens is 3. The number of benzene rings is 1. The van der Waals surface area contributed by atoms with E-state index >= 15 is 0 Å². The smallest absolute Gasteiger partial charge is 0.335 e. The topological polar surface area (TPSA) is 44.4 Å². The summed E-state index contributed by atoms with van der Waals surface area (Å²) in [6, 6.07) is 5.10. The number of hydrogen-bond donors (Lipinski definition) is 2. The number of fused-ring (bicyclic) bond motifs is 1. The Balaban J connectivity index is 1.63. The largest absolute Gasteiger partial charge is 0.401 e. The van der Waals surface area contributed by atoms with Crippen molar-refractivity contribution >= 4 is 11.7 Å². The van der Waals surface area contributed by atoms with Gasteiger partial charge in [0.1, 0.15) is 0 Å². The molecule has 0 aromatic heterocycles. The van der Waals surface area contributed by atoms with Gasteiger partial charge in [0, 0.05) is 24.8 Å². The second kappa shape index (κ2) is 6.84. The van der Waals surface area contributed by atoms with Gasteiger partial charge in [-0.1, -0.05) is 24.3 Å². The molecule has 0 fully saturated rings. The SMILES string of the molecule is O=C(Nc1cccc2c1CN(CC(F)(F)F)C2)N[C@H]1CC=CCC1. The van der Waals surface area contributed by atoms with Crippen LogP contribution in [-0.2, 0) is 13.1 Å². The van der Waals surface area contributed by atoms with Crippen molar-refractivity contribution in [1.82, 2.24) is 10.2 Å². The minimum atomic E-state index is -4.22. The van der Waals surface area contributed by atoms with Crippen LogP contribution in [-0.4, -0.2) is 29.7 Å². The Bertz CT molecular complexity index is 642. The van der Waals surface area contributed by atoms with Crippen LogP contribution in [0.15, 0.2) is 30.4 Å². The number of carbonyl (C=O) groups is 1. The first kappa shape index (κ1) is 16.8. The molecule has 0 saturated carbocycles. The van der Waals surface area contributed by atoms with E-state index in [4.69, 9.17) is 0 Å². The van der Waals surface area contributed by atoms with Gasteiger partial charge < -0.3 is 10.6 Å². The molecule has 1 aromatic carbocycles. The summed E-state index contributed by atoms with van der Waals surface area (Å²) in [4.78, 5) is 13.5. The molecule has 1 aliphatic heterocycles. The van der Waals surface area contributed by atoms with E-state index in [0.29, 0.717) is 5.69 Å². The average Bonchev–Trinajstić information content (AvgIpc) is 2.89. The van der Waals surface area contributed by atoms with E-state index in [0.717, 1.165) is 30.4 Å². The van der Waals surface area contributed by atoms with Gasteiger partial charge in [0.25, 0.3) is 0 Å². The van der Waals surface area contributed by atoms with E-state index in [1.807, 2.05) is 6.08 Å². The molecule has 1 aliphatic carbocycles. The van der Waals surface area contributed by atoms with Gasteiger partial charge in [0.15, 0.2) is 0 Å². The molecule has 0 spiro atoms. The van der Waals surface area contributed by atoms with Crippen LogP contribution >= 0.6 is 0 Å². The van der Waals surface area contributed by atoms with Crippen molar-refractivity contribution in [1.29, 1.82) is 0 Å². The molecule has 1 atom stereocenters. The molecule has 130 valence electrons. The number of rotatable bonds is 3. The van der Waals surface area contributed by atoms with E-state index in [1.165, 1.54) is 4.90 Å². The number of hydrogen-bond acceptors (Lipinski definition) is 2. The zero-order valence-electron chi connectivity index (χ0n) is 13.2. The zero-order valence-corrected chi connectivity index (χ0v) is 13.2. The van der Waals surface area contributed by atoms with Crippen molar-refractivity contribution in [3.63, 3.8) is 0 Å². The summed E-state index contributed by atoms with van der Waals surface area (Å²) in [5, 5.41) is 5.70. The summed E-state index contributed by atoms with van der Waals surface area (Å²) < 4.78 is 37.7. The number of nitrogens with one attached hydrogen (secondary N) is 2. The van der Waals surface area contributed by atoms with Gasteiger partial charge >= 0.3 is 12.2 Å². The molecular weight excluding hydrogens is 319 g/mol. The number of alkyl halides is 3. The molecule has 2 aliphatic rings. The quantitative estimate of drug-likeness (QED) is 0.823. The fraction of sp³-hybridized carbons (Fsp3) is 0.471. The molecule has 1 heterocycles. The summed E-state index contributed by atoms with van der Waals surface area (Å²) >= 11 is 0. The predicted molar refractivity (Wildman–Crippen MR) is 85.5 cm³/mol. The Kier molecular flexibility index (Phi) is 4.80. The van der Waals surface area contributed by atoms with E-state index in [-0.39, 0.29) is 25.2 Å². The molecule has 0 unspecified atom stereocenters. The number of anilines is 1. The van der Waals surface area contributed by atoms with E-state index < -0.39 is 12.7 Å². The lowest BCUT2D eigenvalue weighted by molar-refractivity contribution is -0.146. The molecule has 2 N–H and O–H groups in total. The molecular formula is C17H20F3N3O. The number of carbonyl (C=O) groups excluding carboxylic acids is 1. The van der Waals surface area contributed by atoms with Crippen LogP contribution in [0.3, 0.4) is 0 Å². The van der Waals surface area contributed by atoms with Gasteiger partial charge in [0.05, 0.1) is 6.54 Å². The first-order chi connectivity index (χ1) is 11.4. The van der Waals surface area contributed by atoms with Gasteiger partial charge in [0.2, 0.25) is 0 Å². The highest BCUT2D eigenvalue weighted by atomic mass is 19.4. The fourth-order valence-electron chi connectivity index (χ4n) is 3.24. The highest BCUT2D eigenvalue weighted by Crippen LogP contribution is 2.31. The molecule has 24 heavy (non-hydrogen) atoms. The Labute approximate surface area is 138 Å². The predicted octanol–water partition coefficient (Wildman–Crippen LogP) is 3.79. The number of nitrogens with zero attached hydrogens (tertiary/aromatic N) is 1. The highest BCUT2D eigenvalue weighted by molar-refractivity contribution is 5.90. The van der Waals surface area contributed by atoms with E-state index in [1.54, 1.807) is 18.2 Å². The first-order valence-electron chi connectivity index (χ1n) is 8.03. The molecule has 3 rings (SSSR count). The Morgan fingerprint density at radius 3 is 2.79 bits per heavy atom. The van der Waals surface area contributed by atoms with Gasteiger partial charge in [-0.05, 0) is 36.5 Å². The number of allylic oxidation sites excluding steroid dienone is 1. The van der Waals surface area contributed by atoms with E-state index in [2.05, 4.69) is 16.7 Å². The van der Waals surface area contributed by atoms with Crippen LogP contribution in [0.1, 0.15) is 30.4 Å². The maximum absolute atomic E-state index is 12.6. The molecule has 1 aromatic rings. The average molecular weight is 339 g/mol. The summed E-state index contributed by atoms with van der Waals surface area (Å²) in [6.07, 6.45) is 2.56. The first-order valence-corrected chi connectivity index (χ1v) is 8.03. The van der Waals surface area contributed by atoms with Gasteiger partial charge in [-0.25, -0.2) is 4.79 Å². The Morgan fingerprint density at radius 1 is 1.25 bits per heavy atom. The Morgan fingerprint density at radius 2 is 2.08 bits per heavy atom. The number of urea groups is 1. The van der Waals surface area contributed by atoms with Crippen molar-refractivity contribution in [2.45, 2.75) is 44.6 Å². The standard InChI is InChI=1S/C17H20F3N3O/c18-17(19,20)11-23-9-12-5-4-8-15(14(12)10-23)22-16(24)21-13-6-2-1-3-7-13/h1-2,4-5,8,13H,3,6-7,9-11H2,(H2,21,22,24)/t13-/m0/s1. The Hall–Kier alpha value is -2.02. The van der Waals surface area contributed by atoms with Crippen LogP contribution in [0.4, 0.5) is 23.7 Å². The highest BCUT2D eigenvalue weighted by Gasteiger charge is 2.34. The lowest BCUT2D eigenvalue weighted by Gasteiger charge is -2.20. The summed E-state index contributed by atoms with van der Waals surface area (Å²) in [5.74, 6) is 0. The fourth-order valence-corrected chi connectivity index (χ4v) is 3.24. The van der Waals surface area contributed by atoms with Gasteiger partial charge in [-0.15, -0.1) is 0 Å². The summed E-state index contributed by atoms with van der Waals surface area (Å²) in [5.41, 5.74) is 2.18. The second-order valence-corrected chi connectivity index (χ2v) is 6.28. The van der Waals surface area contributed by atoms with Gasteiger partial charge in [-0.2, -0.15) is 13.2 Å². The summed E-state index contributed by atoms with van der Waals surface area (Å²) in [6.45, 7) is -0.501. The third-order valence-electron chi connectivity index (χ3n) is 4.30. The molecule has 0 radical (unpaired) electrons. The van der Waals surface area contributed by atoms with Crippen LogP contribution in [0.2, 0.25) is 0 Å². The third kappa shape index (κ3) is 4.29. The normalized spacial score (nSPS) is 20.7. The third-order valence-corrected chi connectivity index (χ3v) is 4.30.